The predicted octanol–water partition coefficient (Wildman–Crippen LogP) is 7.76. The van der Waals surface area contributed by atoms with E-state index in [0.717, 1.165) is 69.6 Å². The Balaban J connectivity index is 1.43. The molecule has 1 aliphatic rings. The molecule has 4 nitrogen and oxygen atoms in total. The minimum atomic E-state index is -1.98. The van der Waals surface area contributed by atoms with Gasteiger partial charge in [-0.15, -0.1) is 0 Å². The number of benzene rings is 2. The minimum Gasteiger partial charge on any atom is -0.494 e. The van der Waals surface area contributed by atoms with Crippen molar-refractivity contribution in [3.63, 3.8) is 0 Å². The molecule has 2 aromatic rings. The normalized spacial score (nSPS) is 17.4. The van der Waals surface area contributed by atoms with Gasteiger partial charge in [0.15, 0.2) is 11.6 Å². The van der Waals surface area contributed by atoms with E-state index in [9.17, 15) is 4.79 Å². The molecule has 0 radical (unpaired) electrons. The number of unbranched alkanes of at least 4 members (excludes halogenated alkanes) is 3. The average Bonchev–Trinajstić information content (AvgIpc) is 2.96. The lowest BCUT2D eigenvalue weighted by Gasteiger charge is -2.30. The van der Waals surface area contributed by atoms with Crippen molar-refractivity contribution >= 4 is 19.2 Å². The van der Waals surface area contributed by atoms with E-state index in [1.165, 1.54) is 5.56 Å². The van der Waals surface area contributed by atoms with Crippen LogP contribution in [0.3, 0.4) is 0 Å². The Kier molecular flexibility index (Phi) is 12.4. The molecule has 1 saturated carbocycles. The van der Waals surface area contributed by atoms with Gasteiger partial charge in [0.1, 0.15) is 5.75 Å². The monoisotopic (exact) mass is 572 g/mol. The third-order valence-corrected chi connectivity index (χ3v) is 11.7. The van der Waals surface area contributed by atoms with Crippen molar-refractivity contribution in [3.05, 3.63) is 71.3 Å². The van der Waals surface area contributed by atoms with Gasteiger partial charge in [0.25, 0.3) is 0 Å². The van der Waals surface area contributed by atoms with Crippen molar-refractivity contribution in [2.45, 2.75) is 95.7 Å². The molecule has 1 N–H and O–H groups in total. The number of aliphatic hydroxyl groups excluding tert-OH is 1. The van der Waals surface area contributed by atoms with Crippen LogP contribution in [0, 0.1) is 11.6 Å². The van der Waals surface area contributed by atoms with E-state index in [1.54, 1.807) is 0 Å². The van der Waals surface area contributed by atoms with Gasteiger partial charge in [-0.25, -0.2) is 13.6 Å². The van der Waals surface area contributed by atoms with Crippen molar-refractivity contribution in [2.75, 3.05) is 19.8 Å². The van der Waals surface area contributed by atoms with Crippen molar-refractivity contribution in [1.82, 2.24) is 0 Å². The number of carbonyl (C=O) groups excluding carboxylic acids is 1. The van der Waals surface area contributed by atoms with Crippen LogP contribution in [0.2, 0.25) is 19.1 Å². The molecule has 7 heteroatoms. The van der Waals surface area contributed by atoms with Crippen molar-refractivity contribution in [2.24, 2.45) is 0 Å². The van der Waals surface area contributed by atoms with Gasteiger partial charge >= 0.3 is 5.97 Å². The number of hydrogen-bond donors (Lipinski definition) is 1. The second-order valence-electron chi connectivity index (χ2n) is 11.7. The Morgan fingerprint density at radius 2 is 1.57 bits per heavy atom. The van der Waals surface area contributed by atoms with Crippen LogP contribution in [0.4, 0.5) is 8.78 Å². The maximum Gasteiger partial charge on any atom is 0.335 e. The van der Waals surface area contributed by atoms with Crippen LogP contribution in [0.5, 0.6) is 5.75 Å². The molecule has 0 unspecified atom stereocenters. The summed E-state index contributed by atoms with van der Waals surface area (Å²) in [5, 5.41) is 9.48. The van der Waals surface area contributed by atoms with Crippen LogP contribution < -0.4 is 9.92 Å². The average molecular weight is 573 g/mol. The zero-order valence-corrected chi connectivity index (χ0v) is 25.4. The fraction of sp³-hybridized carbons (Fsp3) is 0.545. The van der Waals surface area contributed by atoms with Gasteiger partial charge in [-0.3, -0.25) is 0 Å². The molecule has 0 heterocycles. The summed E-state index contributed by atoms with van der Waals surface area (Å²) in [7, 11) is -1.98. The number of carbonyl (C=O) groups is 1. The van der Waals surface area contributed by atoms with E-state index in [0.29, 0.717) is 29.9 Å². The molecule has 2 aromatic carbocycles. The van der Waals surface area contributed by atoms with Crippen LogP contribution in [0.15, 0.2) is 48.6 Å². The molecule has 220 valence electrons. The summed E-state index contributed by atoms with van der Waals surface area (Å²) in [5.74, 6) is -0.455. The highest BCUT2D eigenvalue weighted by molar-refractivity contribution is 6.89. The lowest BCUT2D eigenvalue weighted by Crippen LogP contribution is -2.44. The Labute approximate surface area is 239 Å². The van der Waals surface area contributed by atoms with E-state index in [4.69, 9.17) is 14.6 Å². The largest absolute Gasteiger partial charge is 0.494 e. The first-order valence-corrected chi connectivity index (χ1v) is 18.1. The molecular weight excluding hydrogens is 526 g/mol. The van der Waals surface area contributed by atoms with Crippen LogP contribution in [0.25, 0.3) is 0 Å². The molecule has 40 heavy (non-hydrogen) atoms. The summed E-state index contributed by atoms with van der Waals surface area (Å²) >= 11 is 0. The third kappa shape index (κ3) is 8.74. The number of aliphatic hydroxyl groups is 1. The maximum absolute atomic E-state index is 15.2. The fourth-order valence-electron chi connectivity index (χ4n) is 5.63. The van der Waals surface area contributed by atoms with Crippen LogP contribution >= 0.6 is 0 Å². The quantitative estimate of drug-likeness (QED) is 0.103. The zero-order valence-electron chi connectivity index (χ0n) is 24.4. The first-order valence-electron chi connectivity index (χ1n) is 14.8. The van der Waals surface area contributed by atoms with Crippen LogP contribution in [0.1, 0.15) is 87.7 Å². The maximum atomic E-state index is 15.2. The van der Waals surface area contributed by atoms with E-state index < -0.39 is 25.7 Å². The summed E-state index contributed by atoms with van der Waals surface area (Å²) in [6, 6.07) is 13.0. The molecule has 0 aliphatic heterocycles. The molecule has 0 aromatic heterocycles. The van der Waals surface area contributed by atoms with Crippen molar-refractivity contribution in [3.8, 4) is 5.75 Å². The fourth-order valence-corrected chi connectivity index (χ4v) is 8.38. The number of esters is 1. The summed E-state index contributed by atoms with van der Waals surface area (Å²) < 4.78 is 41.3. The van der Waals surface area contributed by atoms with Gasteiger partial charge in [-0.05, 0) is 85.2 Å². The number of rotatable bonds is 15. The number of halogens is 2. The first kappa shape index (κ1) is 32.0. The summed E-state index contributed by atoms with van der Waals surface area (Å²) in [4.78, 5) is 11.4. The summed E-state index contributed by atoms with van der Waals surface area (Å²) in [6.45, 7) is 10.4. The Morgan fingerprint density at radius 1 is 0.925 bits per heavy atom. The van der Waals surface area contributed by atoms with Gasteiger partial charge in [-0.2, -0.15) is 0 Å². The Morgan fingerprint density at radius 3 is 2.23 bits per heavy atom. The highest BCUT2D eigenvalue weighted by Crippen LogP contribution is 2.41. The van der Waals surface area contributed by atoms with E-state index in [-0.39, 0.29) is 18.1 Å². The molecule has 3 rings (SSSR count). The first-order chi connectivity index (χ1) is 19.2. The second-order valence-corrected chi connectivity index (χ2v) is 16.5. The summed E-state index contributed by atoms with van der Waals surface area (Å²) in [5.41, 5.74) is 1.89. The summed E-state index contributed by atoms with van der Waals surface area (Å²) in [6.07, 6.45) is 8.22. The Hall–Kier alpha value is -2.51. The lowest BCUT2D eigenvalue weighted by atomic mass is 9.76. The van der Waals surface area contributed by atoms with E-state index >= 15 is 8.78 Å². The second kappa shape index (κ2) is 15.5. The van der Waals surface area contributed by atoms with Crippen LogP contribution in [-0.4, -0.2) is 39.0 Å². The highest BCUT2D eigenvalue weighted by Gasteiger charge is 2.31. The predicted molar refractivity (Wildman–Crippen MR) is 160 cm³/mol. The number of hydrogen-bond acceptors (Lipinski definition) is 4. The molecule has 0 spiro atoms. The lowest BCUT2D eigenvalue weighted by molar-refractivity contribution is -0.139. The number of ether oxygens (including phenoxy) is 2. The van der Waals surface area contributed by atoms with E-state index in [1.807, 2.05) is 24.3 Å². The zero-order chi connectivity index (χ0) is 29.1. The molecular formula is C33H46F2O4Si. The molecule has 0 bridgehead atoms. The highest BCUT2D eigenvalue weighted by atomic mass is 28.3. The van der Waals surface area contributed by atoms with Crippen LogP contribution in [-0.2, 0) is 9.53 Å². The topological polar surface area (TPSA) is 55.8 Å². The van der Waals surface area contributed by atoms with Gasteiger partial charge in [0, 0.05) is 0 Å². The van der Waals surface area contributed by atoms with E-state index in [2.05, 4.69) is 38.7 Å². The molecule has 1 aliphatic carbocycles. The standard InChI is InChI=1S/C33H46F2O4Si/c1-5-6-22-40(3,4)30-19-18-29(31(34)32(30)35)27-12-10-25(11-13-27)26-14-16-28(17-15-26)38-20-8-7-9-21-39-33(37)24(2)23-36/h14-19,25,27,36H,2,5-13,20-23H2,1,3-4H3. The van der Waals surface area contributed by atoms with Gasteiger partial charge in [0.05, 0.1) is 33.5 Å². The Bertz CT molecular complexity index is 1110. The third-order valence-electron chi connectivity index (χ3n) is 8.29. The van der Waals surface area contributed by atoms with Gasteiger partial charge in [0.2, 0.25) is 0 Å². The molecule has 0 saturated heterocycles. The van der Waals surface area contributed by atoms with Gasteiger partial charge in [-0.1, -0.05) is 69.7 Å². The minimum absolute atomic E-state index is 0.0670. The molecule has 0 amide bonds. The van der Waals surface area contributed by atoms with Crippen molar-refractivity contribution < 1.29 is 28.2 Å². The molecule has 0 atom stereocenters. The smallest absolute Gasteiger partial charge is 0.335 e. The van der Waals surface area contributed by atoms with Gasteiger partial charge < -0.3 is 14.6 Å². The SMILES string of the molecule is C=C(CO)C(=O)OCCCCCOc1ccc(C2CCC(c3ccc([Si](C)(C)CCCC)c(F)c3F)CC2)cc1. The molecule has 1 fully saturated rings. The van der Waals surface area contributed by atoms with Crippen molar-refractivity contribution in [1.29, 1.82) is 0 Å².